The maximum Gasteiger partial charge on any atom is 0.136 e. The van der Waals surface area contributed by atoms with Gasteiger partial charge in [0.1, 0.15) is 160 Å². The van der Waals surface area contributed by atoms with E-state index in [0.717, 1.165) is 10.8 Å². The van der Waals surface area contributed by atoms with E-state index in [4.69, 9.17) is 153 Å². The number of furan rings is 1. The average Bonchev–Trinajstić information content (AvgIpc) is 3.65. The highest BCUT2D eigenvalue weighted by atomic mass is 16.3. The zero-order valence-corrected chi connectivity index (χ0v) is 32.9. The van der Waals surface area contributed by atoms with Crippen molar-refractivity contribution in [1.82, 2.24) is 0 Å². The summed E-state index contributed by atoms with van der Waals surface area (Å²) in [6, 6.07) is 13.0. The van der Waals surface area contributed by atoms with Crippen molar-refractivity contribution in [1.29, 1.82) is 0 Å². The molecule has 0 unspecified atom stereocenters. The molecule has 1 nitrogen and oxygen atoms in total. The van der Waals surface area contributed by atoms with E-state index in [1.54, 1.807) is 6.07 Å². The Hall–Kier alpha value is -4.43. The Morgan fingerprint density at radius 3 is 1.00 bits per heavy atom. The average molecular weight is 733 g/mol. The fourth-order valence-corrected chi connectivity index (χ4v) is 8.99. The molecule has 0 amide bonds. The maximum atomic E-state index is 7.15. The van der Waals surface area contributed by atoms with Crippen LogP contribution in [0.3, 0.4) is 0 Å². The summed E-state index contributed by atoms with van der Waals surface area (Å²) in [5.41, 5.74) is 1.11. The van der Waals surface area contributed by atoms with E-state index in [0.29, 0.717) is 22.3 Å². The number of hydrogen-bond acceptors (Lipinski definition) is 1. The molecule has 238 valence electrons. The molecule has 20 heteroatoms. The van der Waals surface area contributed by atoms with Crippen LogP contribution >= 0.6 is 0 Å². The van der Waals surface area contributed by atoms with Crippen LogP contribution in [0.5, 0.6) is 0 Å². The third-order valence-corrected chi connectivity index (χ3v) is 12.2. The largest absolute Gasteiger partial charge is 0.456 e. The fourth-order valence-electron chi connectivity index (χ4n) is 8.99. The third kappa shape index (κ3) is 5.56. The van der Waals surface area contributed by atoms with Gasteiger partial charge >= 0.3 is 0 Å². The second-order valence-electron chi connectivity index (χ2n) is 15.3. The summed E-state index contributed by atoms with van der Waals surface area (Å²) in [6.07, 6.45) is 0. The Morgan fingerprint density at radius 1 is 0.226 bits per heavy atom. The van der Waals surface area contributed by atoms with Gasteiger partial charge in [-0.1, -0.05) is 95.9 Å². The summed E-state index contributed by atoms with van der Waals surface area (Å²) in [7, 11) is 129. The van der Waals surface area contributed by atoms with Crippen molar-refractivity contribution in [3.8, 4) is 33.4 Å². The Labute approximate surface area is 385 Å². The molecule has 0 N–H and O–H groups in total. The first-order valence-electron chi connectivity index (χ1n) is 18.7. The Balaban J connectivity index is 1.57. The predicted octanol–water partition coefficient (Wildman–Crippen LogP) is -10.9. The lowest BCUT2D eigenvalue weighted by atomic mass is 9.55. The van der Waals surface area contributed by atoms with E-state index >= 15 is 0 Å². The van der Waals surface area contributed by atoms with E-state index in [1.165, 1.54) is 0 Å². The zero-order chi connectivity index (χ0) is 44.9. The van der Waals surface area contributed by atoms with Gasteiger partial charge in [0.15, 0.2) is 0 Å². The van der Waals surface area contributed by atoms with E-state index in [2.05, 4.69) is 0 Å². The molecule has 0 aliphatic rings. The van der Waals surface area contributed by atoms with Crippen molar-refractivity contribution < 1.29 is 4.42 Å². The second kappa shape index (κ2) is 14.8. The summed E-state index contributed by atoms with van der Waals surface area (Å²) in [6.45, 7) is 0. The zero-order valence-electron chi connectivity index (χ0n) is 32.9. The lowest BCUT2D eigenvalue weighted by molar-refractivity contribution is 0.669. The van der Waals surface area contributed by atoms with Gasteiger partial charge in [0.05, 0.1) is 0 Å². The summed E-state index contributed by atoms with van der Waals surface area (Å²) in [5, 5.41) is 2.14. The molecule has 62 heavy (non-hydrogen) atoms. The topological polar surface area (TPSA) is 13.1 Å². The van der Waals surface area contributed by atoms with Crippen LogP contribution in [0.2, 0.25) is 0 Å². The molecule has 0 atom stereocenters. The van der Waals surface area contributed by atoms with Crippen molar-refractivity contribution in [2.24, 2.45) is 0 Å². The molecule has 0 bridgehead atoms. The van der Waals surface area contributed by atoms with Crippen molar-refractivity contribution in [2.75, 3.05) is 0 Å². The van der Waals surface area contributed by atoms with Gasteiger partial charge < -0.3 is 4.42 Å². The number of para-hydroxylation sites is 1. The molecule has 9 aromatic rings. The Morgan fingerprint density at radius 2 is 0.548 bits per heavy atom. The van der Waals surface area contributed by atoms with Crippen molar-refractivity contribution in [2.45, 2.75) is 0 Å². The first-order chi connectivity index (χ1) is 29.3. The van der Waals surface area contributed by atoms with E-state index in [9.17, 15) is 0 Å². The van der Waals surface area contributed by atoms with Gasteiger partial charge in [0.25, 0.3) is 0 Å². The SMILES string of the molecule is [B]c1c([B])c(-c2cccc3oc4ccccc4c23)c([B])c([B])c1-c1c2c([B])c([B])c([B])c([B])c2c(-c2c([B])c([B])c([B])c3c([B])c([B])c([B])c([B])c23)c2c([B])c([B])c([B])c([B])c12. The molecule has 8 aromatic carbocycles. The normalized spacial score (nSPS) is 11.8. The second-order valence-corrected chi connectivity index (χ2v) is 15.3. The molecular formula is C42H7B19O. The lowest BCUT2D eigenvalue weighted by Crippen LogP contribution is -2.53. The van der Waals surface area contributed by atoms with E-state index in [1.807, 2.05) is 36.4 Å². The predicted molar refractivity (Wildman–Crippen MR) is 285 cm³/mol. The smallest absolute Gasteiger partial charge is 0.136 e. The lowest BCUT2D eigenvalue weighted by Gasteiger charge is -2.33. The van der Waals surface area contributed by atoms with E-state index < -0.39 is 0 Å². The molecule has 1 heterocycles. The molecule has 9 rings (SSSR count). The molecule has 38 radical (unpaired) electrons. The summed E-state index contributed by atoms with van der Waals surface area (Å²) >= 11 is 0. The third-order valence-electron chi connectivity index (χ3n) is 12.2. The molecule has 0 saturated heterocycles. The molecule has 0 saturated carbocycles. The highest BCUT2D eigenvalue weighted by Gasteiger charge is 2.30. The van der Waals surface area contributed by atoms with Gasteiger partial charge in [0.2, 0.25) is 0 Å². The highest BCUT2D eigenvalue weighted by Crippen LogP contribution is 2.41. The minimum Gasteiger partial charge on any atom is -0.456 e. The monoisotopic (exact) mass is 736 g/mol. The highest BCUT2D eigenvalue weighted by molar-refractivity contribution is 6.75. The maximum absolute atomic E-state index is 7.15. The summed E-state index contributed by atoms with van der Waals surface area (Å²) < 4.78 is 6.17. The van der Waals surface area contributed by atoms with Crippen LogP contribution in [0.1, 0.15) is 0 Å². The first-order valence-corrected chi connectivity index (χ1v) is 18.7. The minimum absolute atomic E-state index is 0.0395. The van der Waals surface area contributed by atoms with Crippen LogP contribution in [0.15, 0.2) is 46.9 Å². The van der Waals surface area contributed by atoms with Gasteiger partial charge in [-0.3, -0.25) is 0 Å². The minimum atomic E-state index is -0.116. The summed E-state index contributed by atoms with van der Waals surface area (Å²) in [5.74, 6) is 0. The quantitative estimate of drug-likeness (QED) is 0.130. The van der Waals surface area contributed by atoms with E-state index in [-0.39, 0.29) is 158 Å². The number of fused-ring (bicyclic) bond motifs is 6. The molecule has 0 aliphatic heterocycles. The van der Waals surface area contributed by atoms with Crippen molar-refractivity contribution in [3.05, 3.63) is 42.5 Å². The molecule has 0 spiro atoms. The van der Waals surface area contributed by atoms with Crippen molar-refractivity contribution >= 4 is 307 Å². The van der Waals surface area contributed by atoms with Crippen LogP contribution in [0.25, 0.3) is 87.6 Å². The Kier molecular flexibility index (Phi) is 10.2. The molecule has 0 aliphatic carbocycles. The van der Waals surface area contributed by atoms with Crippen LogP contribution in [0, 0.1) is 0 Å². The van der Waals surface area contributed by atoms with Crippen LogP contribution < -0.4 is 104 Å². The molecule has 1 aromatic heterocycles. The van der Waals surface area contributed by atoms with Crippen molar-refractivity contribution in [3.63, 3.8) is 0 Å². The van der Waals surface area contributed by atoms with Gasteiger partial charge in [-0.05, 0) is 77.8 Å². The first kappa shape index (κ1) is 42.9. The Bertz CT molecular complexity index is 3460. The number of benzene rings is 8. The fraction of sp³-hybridized carbons (Fsp3) is 0. The number of hydrogen-bond donors (Lipinski definition) is 0. The van der Waals surface area contributed by atoms with Crippen LogP contribution in [0.4, 0.5) is 0 Å². The van der Waals surface area contributed by atoms with Crippen LogP contribution in [-0.4, -0.2) is 149 Å². The molecule has 0 fully saturated rings. The van der Waals surface area contributed by atoms with Gasteiger partial charge in [-0.2, -0.15) is 0 Å². The number of rotatable bonds is 3. The molecular weight excluding hydrogens is 726 g/mol. The summed E-state index contributed by atoms with van der Waals surface area (Å²) in [4.78, 5) is 0. The van der Waals surface area contributed by atoms with Gasteiger partial charge in [-0.15, -0.1) is 38.2 Å². The van der Waals surface area contributed by atoms with Gasteiger partial charge in [-0.25, -0.2) is 0 Å². The van der Waals surface area contributed by atoms with Crippen LogP contribution in [-0.2, 0) is 0 Å². The van der Waals surface area contributed by atoms with Gasteiger partial charge in [0, 0.05) is 10.8 Å². The standard InChI is InChI=1S/C42H7B19O/c43-24-13(9-5-3-7-11-12(9)8-4-1-2-6-10(8)62-11)25(44)33(52)22(32(24)51)15-19-16(27(46)37(56)39(58)29(19)48)14(17-20(15)30(49)40(59)38(57)28(17)47)18-21-23(34(53)36(55)26(18)45)35(54)42(61)41(60)31(21)50/h1-7H.